The highest BCUT2D eigenvalue weighted by atomic mass is 19.3. The largest absolute Gasteiger partial charge is 0.356 e. The predicted octanol–water partition coefficient (Wildman–Crippen LogP) is 5.06. The molecule has 178 valence electrons. The van der Waals surface area contributed by atoms with Gasteiger partial charge in [0.2, 0.25) is 11.8 Å². The van der Waals surface area contributed by atoms with E-state index in [0.29, 0.717) is 12.5 Å². The average molecular weight is 461 g/mol. The Morgan fingerprint density at radius 1 is 1.03 bits per heavy atom. The predicted molar refractivity (Wildman–Crippen MR) is 122 cm³/mol. The van der Waals surface area contributed by atoms with Crippen LogP contribution >= 0.6 is 0 Å². The smallest absolute Gasteiger partial charge is 0.248 e. The molecule has 2 aliphatic rings. The van der Waals surface area contributed by atoms with E-state index in [-0.39, 0.29) is 43.3 Å². The summed E-state index contributed by atoms with van der Waals surface area (Å²) in [5, 5.41) is 11.9. The van der Waals surface area contributed by atoms with Gasteiger partial charge in [0.25, 0.3) is 0 Å². The molecule has 2 aromatic rings. The van der Waals surface area contributed by atoms with E-state index >= 15 is 0 Å². The number of nitrogens with zero attached hydrogens (tertiary/aromatic N) is 3. The third-order valence-corrected chi connectivity index (χ3v) is 7.18. The SMILES string of the molecule is Cc1c(-c2ccc(F)cc2)nnc(N2CCC(CNC(=O)C3CCC(F)(F)CC3)CC2)c1C. The molecule has 0 unspecified atom stereocenters. The van der Waals surface area contributed by atoms with Gasteiger partial charge in [-0.1, -0.05) is 0 Å². The van der Waals surface area contributed by atoms with E-state index in [4.69, 9.17) is 0 Å². The van der Waals surface area contributed by atoms with Crippen molar-refractivity contribution in [3.8, 4) is 11.3 Å². The number of alkyl halides is 2. The summed E-state index contributed by atoms with van der Waals surface area (Å²) in [6.07, 6.45) is 1.99. The molecule has 1 aromatic heterocycles. The van der Waals surface area contributed by atoms with Crippen LogP contribution in [0.4, 0.5) is 19.0 Å². The van der Waals surface area contributed by atoms with Gasteiger partial charge in [0.1, 0.15) is 5.82 Å². The molecule has 1 N–H and O–H groups in total. The number of rotatable bonds is 5. The van der Waals surface area contributed by atoms with Gasteiger partial charge in [-0.2, -0.15) is 0 Å². The van der Waals surface area contributed by atoms with Gasteiger partial charge in [0, 0.05) is 44.0 Å². The molecule has 2 heterocycles. The lowest BCUT2D eigenvalue weighted by atomic mass is 9.86. The van der Waals surface area contributed by atoms with Crippen LogP contribution in [0, 0.1) is 31.5 Å². The minimum absolute atomic E-state index is 0.0818. The van der Waals surface area contributed by atoms with Crippen LogP contribution in [0.5, 0.6) is 0 Å². The summed E-state index contributed by atoms with van der Waals surface area (Å²) in [7, 11) is 0. The molecule has 1 aromatic carbocycles. The maximum atomic E-state index is 13.3. The lowest BCUT2D eigenvalue weighted by Crippen LogP contribution is -2.42. The lowest BCUT2D eigenvalue weighted by Gasteiger charge is -2.34. The minimum Gasteiger partial charge on any atom is -0.356 e. The third kappa shape index (κ3) is 5.47. The molecule has 4 rings (SSSR count). The number of benzene rings is 1. The molecule has 0 radical (unpaired) electrons. The van der Waals surface area contributed by atoms with Crippen molar-refractivity contribution < 1.29 is 18.0 Å². The summed E-state index contributed by atoms with van der Waals surface area (Å²) in [4.78, 5) is 14.6. The van der Waals surface area contributed by atoms with Crippen LogP contribution in [0.1, 0.15) is 49.7 Å². The molecule has 33 heavy (non-hydrogen) atoms. The zero-order valence-corrected chi connectivity index (χ0v) is 19.2. The van der Waals surface area contributed by atoms with Crippen LogP contribution in [-0.2, 0) is 4.79 Å². The van der Waals surface area contributed by atoms with Crippen molar-refractivity contribution in [2.75, 3.05) is 24.5 Å². The first kappa shape index (κ1) is 23.5. The van der Waals surface area contributed by atoms with E-state index in [0.717, 1.165) is 54.1 Å². The van der Waals surface area contributed by atoms with Crippen LogP contribution in [0.2, 0.25) is 0 Å². The van der Waals surface area contributed by atoms with Crippen molar-refractivity contribution in [2.24, 2.45) is 11.8 Å². The molecule has 0 spiro atoms. The van der Waals surface area contributed by atoms with E-state index in [1.54, 1.807) is 12.1 Å². The molecule has 1 saturated heterocycles. The van der Waals surface area contributed by atoms with Gasteiger partial charge in [-0.05, 0) is 80.8 Å². The Labute approximate surface area is 192 Å². The number of halogens is 3. The van der Waals surface area contributed by atoms with E-state index in [9.17, 15) is 18.0 Å². The average Bonchev–Trinajstić information content (AvgIpc) is 2.80. The van der Waals surface area contributed by atoms with Crippen molar-refractivity contribution in [3.05, 3.63) is 41.2 Å². The Hall–Kier alpha value is -2.64. The van der Waals surface area contributed by atoms with Crippen LogP contribution in [0.25, 0.3) is 11.3 Å². The highest BCUT2D eigenvalue weighted by Crippen LogP contribution is 2.36. The number of carbonyl (C=O) groups is 1. The van der Waals surface area contributed by atoms with Gasteiger partial charge >= 0.3 is 0 Å². The Morgan fingerprint density at radius 2 is 1.67 bits per heavy atom. The third-order valence-electron chi connectivity index (χ3n) is 7.18. The Morgan fingerprint density at radius 3 is 2.30 bits per heavy atom. The summed E-state index contributed by atoms with van der Waals surface area (Å²) in [5.41, 5.74) is 3.69. The normalized spacial score (nSPS) is 19.5. The maximum Gasteiger partial charge on any atom is 0.248 e. The molecule has 1 amide bonds. The van der Waals surface area contributed by atoms with Gasteiger partial charge < -0.3 is 10.2 Å². The molecule has 0 bridgehead atoms. The summed E-state index contributed by atoms with van der Waals surface area (Å²) in [6.45, 7) is 6.27. The number of carbonyl (C=O) groups excluding carboxylic acids is 1. The van der Waals surface area contributed by atoms with Gasteiger partial charge in [-0.25, -0.2) is 13.2 Å². The van der Waals surface area contributed by atoms with Gasteiger partial charge in [-0.3, -0.25) is 4.79 Å². The molecule has 1 saturated carbocycles. The number of hydrogen-bond acceptors (Lipinski definition) is 4. The Kier molecular flexibility index (Phi) is 6.91. The fourth-order valence-electron chi connectivity index (χ4n) is 4.82. The topological polar surface area (TPSA) is 58.1 Å². The molecule has 5 nitrogen and oxygen atoms in total. The fraction of sp³-hybridized carbons (Fsp3) is 0.560. The maximum absolute atomic E-state index is 13.3. The number of nitrogens with one attached hydrogen (secondary N) is 1. The fourth-order valence-corrected chi connectivity index (χ4v) is 4.82. The Bertz CT molecular complexity index is 978. The van der Waals surface area contributed by atoms with Crippen LogP contribution < -0.4 is 10.2 Å². The molecule has 8 heteroatoms. The summed E-state index contributed by atoms with van der Waals surface area (Å²) >= 11 is 0. The van der Waals surface area contributed by atoms with Crippen molar-refractivity contribution in [2.45, 2.75) is 58.3 Å². The Balaban J connectivity index is 1.30. The van der Waals surface area contributed by atoms with Crippen LogP contribution in [-0.4, -0.2) is 41.7 Å². The highest BCUT2D eigenvalue weighted by Gasteiger charge is 2.37. The van der Waals surface area contributed by atoms with E-state index in [2.05, 4.69) is 20.4 Å². The van der Waals surface area contributed by atoms with E-state index in [1.165, 1.54) is 12.1 Å². The second-order valence-electron chi connectivity index (χ2n) is 9.43. The molecule has 1 aliphatic heterocycles. The van der Waals surface area contributed by atoms with E-state index in [1.807, 2.05) is 13.8 Å². The van der Waals surface area contributed by atoms with E-state index < -0.39 is 5.92 Å². The monoisotopic (exact) mass is 460 g/mol. The number of piperidine rings is 1. The van der Waals surface area contributed by atoms with Crippen molar-refractivity contribution in [1.82, 2.24) is 15.5 Å². The number of amides is 1. The second kappa shape index (κ2) is 9.69. The lowest BCUT2D eigenvalue weighted by molar-refractivity contribution is -0.129. The molecular weight excluding hydrogens is 429 g/mol. The zero-order chi connectivity index (χ0) is 23.6. The number of anilines is 1. The summed E-state index contributed by atoms with van der Waals surface area (Å²) < 4.78 is 39.9. The number of aromatic nitrogens is 2. The minimum atomic E-state index is -2.61. The summed E-state index contributed by atoms with van der Waals surface area (Å²) in [5.74, 6) is -2.03. The van der Waals surface area contributed by atoms with Crippen LogP contribution in [0.15, 0.2) is 24.3 Å². The molecular formula is C25H31F3N4O. The standard InChI is InChI=1S/C25H31F3N4O/c1-16-17(2)23(31-30-22(16)19-3-5-21(26)6-4-19)32-13-9-18(10-14-32)15-29-24(33)20-7-11-25(27,28)12-8-20/h3-6,18,20H,7-15H2,1-2H3,(H,29,33). The molecule has 1 aliphatic carbocycles. The molecule has 0 atom stereocenters. The highest BCUT2D eigenvalue weighted by molar-refractivity contribution is 5.78. The quantitative estimate of drug-likeness (QED) is 0.678. The van der Waals surface area contributed by atoms with Crippen LogP contribution in [0.3, 0.4) is 0 Å². The first-order chi connectivity index (χ1) is 15.7. The van der Waals surface area contributed by atoms with Gasteiger partial charge in [0.15, 0.2) is 5.82 Å². The summed E-state index contributed by atoms with van der Waals surface area (Å²) in [6, 6.07) is 6.27. The molecule has 2 fully saturated rings. The first-order valence-electron chi connectivity index (χ1n) is 11.7. The number of hydrogen-bond donors (Lipinski definition) is 1. The van der Waals surface area contributed by atoms with Crippen molar-refractivity contribution in [1.29, 1.82) is 0 Å². The zero-order valence-electron chi connectivity index (χ0n) is 19.2. The second-order valence-corrected chi connectivity index (χ2v) is 9.43. The van der Waals surface area contributed by atoms with Crippen molar-refractivity contribution in [3.63, 3.8) is 0 Å². The van der Waals surface area contributed by atoms with Gasteiger partial charge in [0.05, 0.1) is 5.69 Å². The van der Waals surface area contributed by atoms with Crippen molar-refractivity contribution >= 4 is 11.7 Å². The first-order valence-corrected chi connectivity index (χ1v) is 11.7. The van der Waals surface area contributed by atoms with Gasteiger partial charge in [-0.15, -0.1) is 10.2 Å².